The van der Waals surface area contributed by atoms with Crippen LogP contribution >= 0.6 is 0 Å². The minimum Gasteiger partial charge on any atom is -0.444 e. The molecule has 27 heteroatoms. The molecule has 4 aliphatic rings. The number of nitrogens with zero attached hydrogens (tertiary/aromatic N) is 12. The van der Waals surface area contributed by atoms with Crippen LogP contribution in [0.3, 0.4) is 0 Å². The van der Waals surface area contributed by atoms with Gasteiger partial charge < -0.3 is 63.5 Å². The molecule has 4 aromatic carbocycles. The van der Waals surface area contributed by atoms with Gasteiger partial charge in [-0.1, -0.05) is 48.5 Å². The summed E-state index contributed by atoms with van der Waals surface area (Å²) in [6, 6.07) is 43.0. The minimum atomic E-state index is -0.532. The third-order valence-electron chi connectivity index (χ3n) is 22.4. The fourth-order valence-electron chi connectivity index (χ4n) is 16.3. The van der Waals surface area contributed by atoms with E-state index in [1.807, 2.05) is 247 Å². The number of hydrogen-bond acceptors (Lipinski definition) is 20. The molecular weight excluding hydrogens is 1600 g/mol. The molecule has 0 aliphatic carbocycles. The van der Waals surface area contributed by atoms with Crippen LogP contribution in [0.1, 0.15) is 179 Å². The number of benzene rings is 4. The topological polar surface area (TPSA) is 306 Å². The van der Waals surface area contributed by atoms with Gasteiger partial charge in [-0.05, 0) is 237 Å². The Morgan fingerprint density at radius 1 is 0.457 bits per heavy atom. The molecule has 0 radical (unpaired) electrons. The third-order valence-corrected chi connectivity index (χ3v) is 22.4. The van der Waals surface area contributed by atoms with E-state index in [9.17, 15) is 43.2 Å². The smallest absolute Gasteiger partial charge is 0.410 e. The molecule has 4 fully saturated rings. The lowest BCUT2D eigenvalue weighted by atomic mass is 10.0. The van der Waals surface area contributed by atoms with Crippen molar-refractivity contribution in [3.05, 3.63) is 274 Å². The van der Waals surface area contributed by atoms with E-state index in [4.69, 9.17) is 19.9 Å². The molecule has 0 saturated carbocycles. The number of likely N-dealkylation sites (tertiary alicyclic amines) is 3. The number of ether oxygens (including phenoxy) is 3. The number of pyridine rings is 7. The Morgan fingerprint density at radius 3 is 1.26 bits per heavy atom. The van der Waals surface area contributed by atoms with Crippen LogP contribution in [0.5, 0.6) is 0 Å². The van der Waals surface area contributed by atoms with Crippen molar-refractivity contribution < 1.29 is 38.2 Å². The van der Waals surface area contributed by atoms with Crippen molar-refractivity contribution in [2.45, 2.75) is 208 Å². The van der Waals surface area contributed by atoms with Gasteiger partial charge in [-0.3, -0.25) is 53.5 Å². The van der Waals surface area contributed by atoms with Gasteiger partial charge in [-0.25, -0.2) is 14.4 Å². The van der Waals surface area contributed by atoms with Gasteiger partial charge in [-0.2, -0.15) is 0 Å². The van der Waals surface area contributed by atoms with E-state index in [1.54, 1.807) is 51.0 Å². The van der Waals surface area contributed by atoms with Crippen LogP contribution in [0.15, 0.2) is 196 Å². The number of nitrogens with two attached hydrogens (primary N) is 1. The summed E-state index contributed by atoms with van der Waals surface area (Å²) in [5.74, 6) is 0. The van der Waals surface area contributed by atoms with Gasteiger partial charge in [0.05, 0.1) is 27.6 Å². The Bertz CT molecular complexity index is 5860. The normalized spacial score (nSPS) is 16.6. The number of para-hydroxylation sites is 4. The maximum Gasteiger partial charge on any atom is 0.410 e. The molecule has 11 aromatic rings. The lowest BCUT2D eigenvalue weighted by Gasteiger charge is -2.40. The molecule has 15 rings (SSSR count). The fourth-order valence-corrected chi connectivity index (χ4v) is 16.3. The number of fused-ring (bicyclic) bond motifs is 4. The molecule has 0 bridgehead atoms. The average molecular weight is 1730 g/mol. The van der Waals surface area contributed by atoms with Crippen LogP contribution in [0.4, 0.5) is 14.4 Å². The first kappa shape index (κ1) is 97.3. The summed E-state index contributed by atoms with van der Waals surface area (Å²) in [6.07, 6.45) is 21.4. The highest BCUT2D eigenvalue weighted by molar-refractivity contribution is 5.86. The van der Waals surface area contributed by atoms with Crippen LogP contribution in [-0.4, -0.2) is 182 Å². The predicted octanol–water partition coefficient (Wildman–Crippen LogP) is 14.6. The maximum absolute atomic E-state index is 13.4. The van der Waals surface area contributed by atoms with Crippen LogP contribution in [-0.2, 0) is 75.1 Å². The van der Waals surface area contributed by atoms with E-state index >= 15 is 0 Å². The number of aromatic nitrogens is 7. The zero-order valence-electron chi connectivity index (χ0n) is 76.9. The van der Waals surface area contributed by atoms with Gasteiger partial charge in [0.25, 0.3) is 0 Å². The van der Waals surface area contributed by atoms with E-state index in [-0.39, 0.29) is 63.7 Å². The highest BCUT2D eigenvalue weighted by atomic mass is 16.6. The second-order valence-corrected chi connectivity index (χ2v) is 36.5. The zero-order valence-corrected chi connectivity index (χ0v) is 76.9. The number of nitrogens with one attached hydrogen (secondary N) is 2. The van der Waals surface area contributed by atoms with Crippen molar-refractivity contribution in [1.82, 2.24) is 68.4 Å². The van der Waals surface area contributed by atoms with Crippen LogP contribution in [0, 0.1) is 20.8 Å². The zero-order chi connectivity index (χ0) is 91.9. The number of carbonyl (C=O) groups excluding carboxylic acids is 5. The summed E-state index contributed by atoms with van der Waals surface area (Å²) in [5, 5.41) is 9.81. The summed E-state index contributed by atoms with van der Waals surface area (Å²) >= 11 is 0. The van der Waals surface area contributed by atoms with Gasteiger partial charge in [0.1, 0.15) is 23.1 Å². The van der Waals surface area contributed by atoms with Crippen LogP contribution < -0.4 is 38.1 Å². The van der Waals surface area contributed by atoms with Crippen LogP contribution in [0.2, 0.25) is 0 Å². The van der Waals surface area contributed by atoms with Crippen molar-refractivity contribution >= 4 is 74.5 Å². The summed E-state index contributed by atoms with van der Waals surface area (Å²) in [6.45, 7) is 31.9. The first-order chi connectivity index (χ1) is 60.4. The van der Waals surface area contributed by atoms with Crippen molar-refractivity contribution in [3.63, 3.8) is 0 Å². The van der Waals surface area contributed by atoms with Gasteiger partial charge in [-0.15, -0.1) is 0 Å². The quantitative estimate of drug-likeness (QED) is 0.0634. The molecule has 11 heterocycles. The highest BCUT2D eigenvalue weighted by Gasteiger charge is 2.34. The highest BCUT2D eigenvalue weighted by Crippen LogP contribution is 2.26. The maximum atomic E-state index is 13.4. The Balaban J connectivity index is 0.000000167. The predicted molar refractivity (Wildman–Crippen MR) is 502 cm³/mol. The molecule has 0 spiro atoms. The van der Waals surface area contributed by atoms with Crippen molar-refractivity contribution in [2.75, 3.05) is 52.4 Å². The number of aryl methyl sites for hydroxylation is 7. The number of aldehydes is 2. The minimum absolute atomic E-state index is 0.0643. The molecule has 4 saturated heterocycles. The van der Waals surface area contributed by atoms with E-state index < -0.39 is 16.8 Å². The SMILES string of the molecule is CC(C)(C)OC(=O)N1CCC[C@H](N)C1.Cc1cc(C=O)ccn1.Cc1cc(CN(Cc2cn(C)c3ccccc3c2=O)[C@H]2CCCN(C(=O)OC(C)(C)C)C2)ccn1.Cc1cc(CN(Cc2cn(C)c3ccccc3c2=O)[C@H]2CCCNC2)ccn1.Cn1cc(C=O)c(=O)c2ccccc21.Cn1cc(CN[C@H]2CCCN(C(=O)OC(C)(C)C)C2)c(=O)c2ccccc21. The second-order valence-electron chi connectivity index (χ2n) is 36.5. The number of carbonyl (C=O) groups is 5. The molecular formula is C100H129N15O12. The molecule has 4 aliphatic heterocycles. The average Bonchev–Trinajstić information content (AvgIpc) is 0.787. The molecule has 27 nitrogen and oxygen atoms in total. The number of amides is 3. The first-order valence-electron chi connectivity index (χ1n) is 44.0. The largest absolute Gasteiger partial charge is 0.444 e. The molecule has 676 valence electrons. The summed E-state index contributed by atoms with van der Waals surface area (Å²) in [5.41, 5.74) is 16.6. The van der Waals surface area contributed by atoms with Crippen molar-refractivity contribution in [3.8, 4) is 0 Å². The van der Waals surface area contributed by atoms with E-state index in [2.05, 4.69) is 58.2 Å². The summed E-state index contributed by atoms with van der Waals surface area (Å²) < 4.78 is 24.2. The van der Waals surface area contributed by atoms with Gasteiger partial charge in [0, 0.05) is 235 Å². The number of piperidine rings is 4. The van der Waals surface area contributed by atoms with Gasteiger partial charge in [0.2, 0.25) is 0 Å². The lowest BCUT2D eigenvalue weighted by Crippen LogP contribution is -2.50. The molecule has 3 amide bonds. The second kappa shape index (κ2) is 45.0. The standard InChI is InChI=1S/C28H36N4O3.C23H28N4O.C21H29N3O3.C11H9NO2.C10H20N2O2.C7H7NO/c1-20-15-21(12-13-29-20)16-32(23-9-8-14-31(19-23)27(34)35-28(2,3)4)18-22-17-30(5)25-11-7-6-10-24(25)26(22)33;1-17-12-18(9-11-25-17)14-27(20-6-5-10-24-13-20)16-19-15-26(2)22-8-4-3-7-21(22)23(19)28;1-21(2,3)27-20(26)24-11-7-8-16(14-24)22-12-15-13-23(4)18-10-6-5-9-17(18)19(15)25;1-12-6-8(7-13)11(14)9-4-2-3-5-10(9)12;1-10(2,3)14-9(13)12-6-4-5-8(11)7-12;1-6-4-7(5-9)2-3-8-6/h6-7,10-13,15,17,23H,8-9,14,16,18-19H2,1-5H3;3-4,7-9,11-12,15,20,24H,5-6,10,13-14,16H2,1-2H3;5-6,9-10,13,16,22H,7-8,11-12,14H2,1-4H3;2-7H,1H3;8H,4-7,11H2,1-3H3;2-5H,1H3/t23-;20-;16-;;8-;/m000.0./s1. The molecule has 0 unspecified atom stereocenters. The fraction of sp³-hybridized carbons (Fsp3) is 0.440. The van der Waals surface area contributed by atoms with E-state index in [1.165, 1.54) is 12.0 Å². The lowest BCUT2D eigenvalue weighted by molar-refractivity contribution is 0.00873. The Kier molecular flexibility index (Phi) is 34.5. The third kappa shape index (κ3) is 28.6. The molecule has 7 aromatic heterocycles. The van der Waals surface area contributed by atoms with Crippen LogP contribution in [0.25, 0.3) is 43.6 Å². The van der Waals surface area contributed by atoms with Gasteiger partial charge >= 0.3 is 18.3 Å². The van der Waals surface area contributed by atoms with Crippen molar-refractivity contribution in [2.24, 2.45) is 33.9 Å². The molecule has 4 atom stereocenters. The molecule has 127 heavy (non-hydrogen) atoms. The summed E-state index contributed by atoms with van der Waals surface area (Å²) in [7, 11) is 7.77. The Hall–Kier alpha value is -11.9. The number of rotatable bonds is 15. The first-order valence-corrected chi connectivity index (χ1v) is 44.0. The van der Waals surface area contributed by atoms with Gasteiger partial charge in [0.15, 0.2) is 28.0 Å². The Labute approximate surface area is 745 Å². The summed E-state index contributed by atoms with van der Waals surface area (Å²) in [4.78, 5) is 131. The number of hydrogen-bond donors (Lipinski definition) is 3. The van der Waals surface area contributed by atoms with E-state index in [0.717, 1.165) is 155 Å². The Morgan fingerprint density at radius 2 is 0.843 bits per heavy atom. The van der Waals surface area contributed by atoms with E-state index in [0.29, 0.717) is 82.2 Å². The van der Waals surface area contributed by atoms with Crippen molar-refractivity contribution in [1.29, 1.82) is 0 Å². The molecule has 4 N–H and O–H groups in total. The monoisotopic (exact) mass is 1730 g/mol.